The molecule has 3 N–H and O–H groups in total. The molecule has 160 valence electrons. The molecule has 0 amide bonds. The first-order valence-corrected chi connectivity index (χ1v) is 11.1. The second-order valence-electron chi connectivity index (χ2n) is 6.94. The number of nitrogens with two attached hydrogens (primary N) is 1. The molecule has 0 aliphatic carbocycles. The fourth-order valence-corrected chi connectivity index (χ4v) is 3.94. The van der Waals surface area contributed by atoms with Crippen LogP contribution in [-0.4, -0.2) is 53.7 Å². The summed E-state index contributed by atoms with van der Waals surface area (Å²) in [5.74, 6) is 1.04. The van der Waals surface area contributed by atoms with E-state index in [0.29, 0.717) is 29.4 Å². The number of primary sulfonamides is 1. The summed E-state index contributed by atoms with van der Waals surface area (Å²) in [5, 5.41) is 8.41. The van der Waals surface area contributed by atoms with E-state index in [1.807, 2.05) is 11.5 Å². The first-order chi connectivity index (χ1) is 14.3. The molecule has 1 aliphatic rings. The number of sulfonamides is 1. The van der Waals surface area contributed by atoms with Crippen LogP contribution in [0.3, 0.4) is 0 Å². The highest BCUT2D eigenvalue weighted by Gasteiger charge is 2.23. The highest BCUT2D eigenvalue weighted by Crippen LogP contribution is 2.24. The molecule has 30 heavy (non-hydrogen) atoms. The number of hydrogen-bond acceptors (Lipinski definition) is 8. The van der Waals surface area contributed by atoms with Gasteiger partial charge in [-0.1, -0.05) is 0 Å². The van der Waals surface area contributed by atoms with Gasteiger partial charge in [0.25, 0.3) is 5.56 Å². The standard InChI is InChI=1S/C18H23N7O4S/c1-3-25-14-15(21-17(25)24-10-8-20-9-11-24)22-18(23(2)16(14)26)29-12-4-6-13(7-5-12)30(19,27)28/h4-7,20H,3,8-11H2,1-2H3,(H2,19,27,28). The third-order valence-electron chi connectivity index (χ3n) is 5.00. The van der Waals surface area contributed by atoms with Crippen molar-refractivity contribution in [2.45, 2.75) is 18.4 Å². The Morgan fingerprint density at radius 2 is 1.83 bits per heavy atom. The Labute approximate surface area is 173 Å². The van der Waals surface area contributed by atoms with Gasteiger partial charge in [-0.25, -0.2) is 13.6 Å². The number of imidazole rings is 1. The lowest BCUT2D eigenvalue weighted by atomic mass is 10.3. The van der Waals surface area contributed by atoms with Crippen molar-refractivity contribution in [3.05, 3.63) is 34.6 Å². The summed E-state index contributed by atoms with van der Waals surface area (Å²) in [6.45, 7) is 5.83. The Bertz CT molecular complexity index is 1240. The van der Waals surface area contributed by atoms with E-state index in [2.05, 4.69) is 20.2 Å². The number of ether oxygens (including phenoxy) is 1. The molecule has 0 atom stereocenters. The third kappa shape index (κ3) is 3.64. The van der Waals surface area contributed by atoms with E-state index >= 15 is 0 Å². The summed E-state index contributed by atoms with van der Waals surface area (Å²) in [6, 6.07) is 5.62. The number of nitrogens with one attached hydrogen (secondary N) is 1. The minimum absolute atomic E-state index is 0.0329. The minimum Gasteiger partial charge on any atom is -0.425 e. The number of nitrogens with zero attached hydrogens (tertiary/aromatic N) is 5. The van der Waals surface area contributed by atoms with Crippen LogP contribution in [-0.2, 0) is 23.6 Å². The Balaban J connectivity index is 1.75. The van der Waals surface area contributed by atoms with Gasteiger partial charge in [-0.15, -0.1) is 0 Å². The molecule has 1 aromatic carbocycles. The van der Waals surface area contributed by atoms with Crippen LogP contribution in [0.4, 0.5) is 5.95 Å². The highest BCUT2D eigenvalue weighted by atomic mass is 32.2. The molecule has 0 unspecified atom stereocenters. The molecule has 1 aliphatic heterocycles. The highest BCUT2D eigenvalue weighted by molar-refractivity contribution is 7.89. The van der Waals surface area contributed by atoms with Gasteiger partial charge in [0.2, 0.25) is 16.0 Å². The molecule has 3 aromatic rings. The van der Waals surface area contributed by atoms with E-state index in [4.69, 9.17) is 9.88 Å². The number of piperazine rings is 1. The molecule has 4 rings (SSSR count). The SMILES string of the molecule is CCn1c(N2CCNCC2)nc2nc(Oc3ccc(S(N)(=O)=O)cc3)n(C)c(=O)c21. The van der Waals surface area contributed by atoms with Gasteiger partial charge in [-0.05, 0) is 31.2 Å². The van der Waals surface area contributed by atoms with Crippen LogP contribution >= 0.6 is 0 Å². The predicted molar refractivity (Wildman–Crippen MR) is 111 cm³/mol. The van der Waals surface area contributed by atoms with E-state index < -0.39 is 10.0 Å². The number of aryl methyl sites for hydroxylation is 1. The Kier molecular flexibility index (Phi) is 5.22. The Morgan fingerprint density at radius 1 is 1.17 bits per heavy atom. The summed E-state index contributed by atoms with van der Waals surface area (Å²) >= 11 is 0. The molecule has 0 bridgehead atoms. The van der Waals surface area contributed by atoms with Crippen molar-refractivity contribution in [2.24, 2.45) is 12.2 Å². The largest absolute Gasteiger partial charge is 0.425 e. The first kappa shape index (κ1) is 20.3. The summed E-state index contributed by atoms with van der Waals surface area (Å²) in [6.07, 6.45) is 0. The molecule has 0 radical (unpaired) electrons. The van der Waals surface area contributed by atoms with E-state index in [9.17, 15) is 13.2 Å². The molecular weight excluding hydrogens is 410 g/mol. The third-order valence-corrected chi connectivity index (χ3v) is 5.93. The van der Waals surface area contributed by atoms with E-state index in [0.717, 1.165) is 26.2 Å². The predicted octanol–water partition coefficient (Wildman–Crippen LogP) is -0.000800. The van der Waals surface area contributed by atoms with Crippen LogP contribution in [0, 0.1) is 0 Å². The number of aromatic nitrogens is 4. The zero-order valence-corrected chi connectivity index (χ0v) is 17.5. The molecule has 3 heterocycles. The average Bonchev–Trinajstić information content (AvgIpc) is 3.11. The van der Waals surface area contributed by atoms with Gasteiger partial charge in [0.05, 0.1) is 4.90 Å². The van der Waals surface area contributed by atoms with Crippen molar-refractivity contribution >= 4 is 27.1 Å². The Hall–Kier alpha value is -2.96. The lowest BCUT2D eigenvalue weighted by molar-refractivity contribution is 0.415. The number of benzene rings is 1. The maximum absolute atomic E-state index is 13.1. The zero-order valence-electron chi connectivity index (χ0n) is 16.7. The van der Waals surface area contributed by atoms with Gasteiger partial charge in [-0.2, -0.15) is 9.97 Å². The van der Waals surface area contributed by atoms with Crippen molar-refractivity contribution in [1.29, 1.82) is 0 Å². The quantitative estimate of drug-likeness (QED) is 0.574. The molecule has 11 nitrogen and oxygen atoms in total. The van der Waals surface area contributed by atoms with Crippen molar-refractivity contribution in [3.8, 4) is 11.8 Å². The van der Waals surface area contributed by atoms with Gasteiger partial charge in [0.1, 0.15) is 5.75 Å². The van der Waals surface area contributed by atoms with Crippen molar-refractivity contribution in [3.63, 3.8) is 0 Å². The number of fused-ring (bicyclic) bond motifs is 1. The van der Waals surface area contributed by atoms with E-state index in [1.54, 1.807) is 7.05 Å². The minimum atomic E-state index is -3.80. The molecule has 1 fully saturated rings. The van der Waals surface area contributed by atoms with Crippen LogP contribution in [0.1, 0.15) is 6.92 Å². The van der Waals surface area contributed by atoms with Crippen molar-refractivity contribution in [2.75, 3.05) is 31.1 Å². The summed E-state index contributed by atoms with van der Waals surface area (Å²) in [5.41, 5.74) is 0.460. The van der Waals surface area contributed by atoms with Gasteiger partial charge >= 0.3 is 6.01 Å². The molecular formula is C18H23N7O4S. The van der Waals surface area contributed by atoms with E-state index in [-0.39, 0.29) is 16.5 Å². The van der Waals surface area contributed by atoms with Gasteiger partial charge in [0.15, 0.2) is 11.2 Å². The number of hydrogen-bond donors (Lipinski definition) is 2. The summed E-state index contributed by atoms with van der Waals surface area (Å²) in [7, 11) is -2.23. The first-order valence-electron chi connectivity index (χ1n) is 9.53. The fourth-order valence-electron chi connectivity index (χ4n) is 3.43. The van der Waals surface area contributed by atoms with Gasteiger partial charge < -0.3 is 19.5 Å². The van der Waals surface area contributed by atoms with Crippen LogP contribution in [0.25, 0.3) is 11.2 Å². The van der Waals surface area contributed by atoms with Gasteiger partial charge in [-0.3, -0.25) is 9.36 Å². The maximum Gasteiger partial charge on any atom is 0.306 e. The van der Waals surface area contributed by atoms with Crippen molar-refractivity contribution < 1.29 is 13.2 Å². The smallest absolute Gasteiger partial charge is 0.306 e. The van der Waals surface area contributed by atoms with Gasteiger partial charge in [0, 0.05) is 39.8 Å². The second kappa shape index (κ2) is 7.70. The van der Waals surface area contributed by atoms with Crippen LogP contribution in [0.5, 0.6) is 11.8 Å². The Morgan fingerprint density at radius 3 is 2.43 bits per heavy atom. The monoisotopic (exact) mass is 433 g/mol. The average molecular weight is 433 g/mol. The molecule has 0 saturated carbocycles. The zero-order chi connectivity index (χ0) is 21.5. The van der Waals surface area contributed by atoms with Crippen LogP contribution in [0.2, 0.25) is 0 Å². The lowest BCUT2D eigenvalue weighted by Gasteiger charge is -2.28. The summed E-state index contributed by atoms with van der Waals surface area (Å²) in [4.78, 5) is 24.2. The molecule has 2 aromatic heterocycles. The second-order valence-corrected chi connectivity index (χ2v) is 8.50. The summed E-state index contributed by atoms with van der Waals surface area (Å²) < 4.78 is 31.7. The van der Waals surface area contributed by atoms with Crippen LogP contribution in [0.15, 0.2) is 34.0 Å². The van der Waals surface area contributed by atoms with Crippen molar-refractivity contribution in [1.82, 2.24) is 24.4 Å². The molecule has 12 heteroatoms. The lowest BCUT2D eigenvalue weighted by Crippen LogP contribution is -2.44. The molecule has 0 spiro atoms. The molecule has 1 saturated heterocycles. The van der Waals surface area contributed by atoms with Crippen LogP contribution < -0.4 is 25.7 Å². The fraction of sp³-hybridized carbons (Fsp3) is 0.389. The topological polar surface area (TPSA) is 137 Å². The van der Waals surface area contributed by atoms with E-state index in [1.165, 1.54) is 28.8 Å². The maximum atomic E-state index is 13.1. The number of anilines is 1. The number of rotatable bonds is 5. The normalized spacial score (nSPS) is 15.0.